The number of carbonyl (C=O) groups excluding carboxylic acids is 2. The zero-order chi connectivity index (χ0) is 13.8. The first-order chi connectivity index (χ1) is 8.63. The van der Waals surface area contributed by atoms with E-state index < -0.39 is 5.97 Å². The number of carbonyl (C=O) groups is 2. The number of nitrogens with zero attached hydrogens (tertiary/aromatic N) is 1. The van der Waals surface area contributed by atoms with E-state index in [9.17, 15) is 9.59 Å². The summed E-state index contributed by atoms with van der Waals surface area (Å²) in [5, 5.41) is 9.00. The molecule has 1 aromatic rings. The number of esters is 1. The number of rotatable bonds is 5. The van der Waals surface area contributed by atoms with Crippen LogP contribution in [0.2, 0.25) is 0 Å². The molecular formula is C12H14NNaO5. The number of Topliss-reactive ketones (excluding diaryl/α,β-unsaturated/α-hetero) is 1. The molecule has 0 saturated heterocycles. The minimum absolute atomic E-state index is 0. The number of ketones is 1. The Morgan fingerprint density at radius 3 is 2.26 bits per heavy atom. The molecule has 0 fully saturated rings. The minimum Gasteiger partial charge on any atom is -0.460 e. The molecule has 0 radical (unpaired) electrons. The van der Waals surface area contributed by atoms with Gasteiger partial charge in [-0.3, -0.25) is 9.59 Å². The van der Waals surface area contributed by atoms with Crippen molar-refractivity contribution in [2.24, 2.45) is 5.34 Å². The maximum atomic E-state index is 11.1. The van der Waals surface area contributed by atoms with Crippen molar-refractivity contribution >= 4 is 11.8 Å². The van der Waals surface area contributed by atoms with Crippen molar-refractivity contribution in [3.63, 3.8) is 0 Å². The molecule has 0 aromatic heterocycles. The molecule has 0 saturated carbocycles. The van der Waals surface area contributed by atoms with E-state index in [0.717, 1.165) is 10.9 Å². The van der Waals surface area contributed by atoms with E-state index in [1.54, 1.807) is 6.92 Å². The zero-order valence-corrected chi connectivity index (χ0v) is 13.0. The first kappa shape index (κ1) is 20.1. The normalized spacial score (nSPS) is 8.26. The first-order valence-corrected chi connectivity index (χ1v) is 5.30. The summed E-state index contributed by atoms with van der Waals surface area (Å²) in [5.74, 6) is -0.543. The summed E-state index contributed by atoms with van der Waals surface area (Å²) in [4.78, 5) is 30.1. The number of hydrogen-bond acceptors (Lipinski definition) is 6. The summed E-state index contributed by atoms with van der Waals surface area (Å²) in [7, 11) is 0. The van der Waals surface area contributed by atoms with Crippen molar-refractivity contribution in [1.29, 1.82) is 0 Å². The van der Waals surface area contributed by atoms with Crippen LogP contribution in [0.3, 0.4) is 0 Å². The van der Waals surface area contributed by atoms with Crippen LogP contribution in [0.5, 0.6) is 0 Å². The van der Waals surface area contributed by atoms with Crippen LogP contribution in [0.4, 0.5) is 0 Å². The van der Waals surface area contributed by atoms with Crippen molar-refractivity contribution < 1.29 is 43.9 Å². The van der Waals surface area contributed by atoms with Crippen molar-refractivity contribution in [2.75, 3.05) is 0 Å². The Balaban J connectivity index is 0. The maximum Gasteiger partial charge on any atom is 1.00 e. The SMILES string of the molecule is CCC(=O)CC(=O)OCc1ccccc1.O=N[O-].[Na+]. The summed E-state index contributed by atoms with van der Waals surface area (Å²) in [6, 6.07) is 9.39. The predicted octanol–water partition coefficient (Wildman–Crippen LogP) is -0.646. The number of benzene rings is 1. The molecule has 1 aromatic carbocycles. The van der Waals surface area contributed by atoms with Crippen LogP contribution >= 0.6 is 0 Å². The molecule has 0 N–H and O–H groups in total. The average Bonchev–Trinajstić information content (AvgIpc) is 2.38. The van der Waals surface area contributed by atoms with Crippen LogP contribution in [0.15, 0.2) is 35.7 Å². The van der Waals surface area contributed by atoms with E-state index in [0.29, 0.717) is 6.42 Å². The summed E-state index contributed by atoms with van der Waals surface area (Å²) in [6.45, 7) is 1.96. The van der Waals surface area contributed by atoms with E-state index in [1.807, 2.05) is 30.3 Å². The van der Waals surface area contributed by atoms with Crippen LogP contribution in [-0.4, -0.2) is 11.8 Å². The number of hydrogen-bond donors (Lipinski definition) is 0. The summed E-state index contributed by atoms with van der Waals surface area (Å²) in [5.41, 5.74) is 0.926. The molecule has 98 valence electrons. The fraction of sp³-hybridized carbons (Fsp3) is 0.333. The Labute approximate surface area is 133 Å². The van der Waals surface area contributed by atoms with Gasteiger partial charge in [-0.25, -0.2) is 0 Å². The van der Waals surface area contributed by atoms with Crippen molar-refractivity contribution in [1.82, 2.24) is 0 Å². The van der Waals surface area contributed by atoms with Crippen LogP contribution in [0.1, 0.15) is 25.3 Å². The van der Waals surface area contributed by atoms with Gasteiger partial charge >= 0.3 is 35.5 Å². The molecule has 0 spiro atoms. The van der Waals surface area contributed by atoms with Gasteiger partial charge in [0.25, 0.3) is 0 Å². The Morgan fingerprint density at radius 2 is 1.79 bits per heavy atom. The van der Waals surface area contributed by atoms with Gasteiger partial charge in [-0.05, 0) is 5.56 Å². The van der Waals surface area contributed by atoms with Crippen LogP contribution in [-0.2, 0) is 20.9 Å². The maximum absolute atomic E-state index is 11.1. The van der Waals surface area contributed by atoms with E-state index >= 15 is 0 Å². The molecule has 0 unspecified atom stereocenters. The molecule has 0 heterocycles. The van der Waals surface area contributed by atoms with Gasteiger partial charge in [-0.15, -0.1) is 5.34 Å². The molecular weight excluding hydrogens is 261 g/mol. The molecule has 0 aliphatic rings. The fourth-order valence-corrected chi connectivity index (χ4v) is 1.08. The average molecular weight is 275 g/mol. The molecule has 0 bridgehead atoms. The first-order valence-electron chi connectivity index (χ1n) is 5.30. The van der Waals surface area contributed by atoms with Crippen LogP contribution in [0, 0.1) is 10.1 Å². The molecule has 0 amide bonds. The van der Waals surface area contributed by atoms with E-state index in [4.69, 9.17) is 14.9 Å². The van der Waals surface area contributed by atoms with Gasteiger partial charge < -0.3 is 14.9 Å². The van der Waals surface area contributed by atoms with E-state index in [1.165, 1.54) is 0 Å². The van der Waals surface area contributed by atoms with Crippen molar-refractivity contribution in [2.45, 2.75) is 26.4 Å². The molecule has 19 heavy (non-hydrogen) atoms. The van der Waals surface area contributed by atoms with Gasteiger partial charge in [0.05, 0.1) is 0 Å². The van der Waals surface area contributed by atoms with Crippen molar-refractivity contribution in [3.05, 3.63) is 46.0 Å². The van der Waals surface area contributed by atoms with Gasteiger partial charge in [0.1, 0.15) is 18.8 Å². The minimum atomic E-state index is -0.453. The Kier molecular flexibility index (Phi) is 14.0. The monoisotopic (exact) mass is 275 g/mol. The molecule has 0 atom stereocenters. The second kappa shape index (κ2) is 13.2. The molecule has 7 heteroatoms. The van der Waals surface area contributed by atoms with Crippen LogP contribution < -0.4 is 29.6 Å². The van der Waals surface area contributed by atoms with Crippen LogP contribution in [0.25, 0.3) is 0 Å². The largest absolute Gasteiger partial charge is 1.00 e. The second-order valence-electron chi connectivity index (χ2n) is 3.29. The quantitative estimate of drug-likeness (QED) is 0.234. The molecule has 0 aliphatic carbocycles. The van der Waals surface area contributed by atoms with Gasteiger partial charge in [0.2, 0.25) is 0 Å². The topological polar surface area (TPSA) is 95.9 Å². The van der Waals surface area contributed by atoms with Gasteiger partial charge in [-0.2, -0.15) is 0 Å². The second-order valence-corrected chi connectivity index (χ2v) is 3.29. The van der Waals surface area contributed by atoms with E-state index in [2.05, 4.69) is 0 Å². The summed E-state index contributed by atoms with van der Waals surface area (Å²) >= 11 is 0. The third kappa shape index (κ3) is 11.6. The third-order valence-corrected chi connectivity index (χ3v) is 1.98. The number of ether oxygens (including phenoxy) is 1. The third-order valence-electron chi connectivity index (χ3n) is 1.98. The molecule has 6 nitrogen and oxygen atoms in total. The Hall–Kier alpha value is -1.24. The smallest absolute Gasteiger partial charge is 0.460 e. The van der Waals surface area contributed by atoms with E-state index in [-0.39, 0.29) is 48.4 Å². The summed E-state index contributed by atoms with van der Waals surface area (Å²) in [6.07, 6.45) is 0.254. The molecule has 1 rings (SSSR count). The predicted molar refractivity (Wildman–Crippen MR) is 65.3 cm³/mol. The van der Waals surface area contributed by atoms with Gasteiger partial charge in [0, 0.05) is 6.42 Å². The van der Waals surface area contributed by atoms with Crippen molar-refractivity contribution in [3.8, 4) is 0 Å². The fourth-order valence-electron chi connectivity index (χ4n) is 1.08. The Bertz CT molecular complexity index is 383. The standard InChI is InChI=1S/C12H14O3.HNO2.Na/c1-2-11(13)8-12(14)15-9-10-6-4-3-5-7-10;2-1-3;/h3-7H,2,8-9H2,1H3;(H,2,3);/q;;+1/p-1. The van der Waals surface area contributed by atoms with Gasteiger partial charge in [-0.1, -0.05) is 37.3 Å². The summed E-state index contributed by atoms with van der Waals surface area (Å²) < 4.78 is 4.94. The zero-order valence-electron chi connectivity index (χ0n) is 11.0. The van der Waals surface area contributed by atoms with Gasteiger partial charge in [0.15, 0.2) is 0 Å². The molecule has 0 aliphatic heterocycles. The Morgan fingerprint density at radius 1 is 1.26 bits per heavy atom.